The van der Waals surface area contributed by atoms with Crippen LogP contribution in [0.1, 0.15) is 48.0 Å². The van der Waals surface area contributed by atoms with Gasteiger partial charge >= 0.3 is 0 Å². The molecule has 0 heteroatoms. The second kappa shape index (κ2) is 5.40. The van der Waals surface area contributed by atoms with Gasteiger partial charge in [0.1, 0.15) is 0 Å². The summed E-state index contributed by atoms with van der Waals surface area (Å²) in [6.07, 6.45) is 3.61. The molecule has 0 unspecified atom stereocenters. The summed E-state index contributed by atoms with van der Waals surface area (Å²) in [6.45, 7) is 13.6. The summed E-state index contributed by atoms with van der Waals surface area (Å²) in [7, 11) is 0. The van der Waals surface area contributed by atoms with Crippen molar-refractivity contribution in [3.8, 4) is 0 Å². The standard InChI is InChI=1S/C12H24/c1-9(2)7-8-12(10(3)4)11(5)6/h7,10-12H,8H2,1-6H3. The summed E-state index contributed by atoms with van der Waals surface area (Å²) < 4.78 is 0. The molecule has 0 saturated carbocycles. The second-order valence-electron chi connectivity index (χ2n) is 4.67. The van der Waals surface area contributed by atoms with Gasteiger partial charge in [-0.2, -0.15) is 0 Å². The van der Waals surface area contributed by atoms with Crippen molar-refractivity contribution in [2.75, 3.05) is 0 Å². The molecule has 0 aliphatic heterocycles. The minimum Gasteiger partial charge on any atom is -0.0856 e. The van der Waals surface area contributed by atoms with Gasteiger partial charge in [-0.1, -0.05) is 39.3 Å². The SMILES string of the molecule is CC(C)=CCC(C(C)C)C(C)C. The van der Waals surface area contributed by atoms with Crippen LogP contribution in [0.3, 0.4) is 0 Å². The Bertz CT molecular complexity index is 128. The van der Waals surface area contributed by atoms with Gasteiger partial charge < -0.3 is 0 Å². The van der Waals surface area contributed by atoms with Crippen LogP contribution in [0.2, 0.25) is 0 Å². The summed E-state index contributed by atoms with van der Waals surface area (Å²) in [5.41, 5.74) is 1.45. The molecule has 0 spiro atoms. The van der Waals surface area contributed by atoms with E-state index in [0.717, 1.165) is 17.8 Å². The van der Waals surface area contributed by atoms with Crippen molar-refractivity contribution < 1.29 is 0 Å². The highest BCUT2D eigenvalue weighted by Crippen LogP contribution is 2.24. The Balaban J connectivity index is 4.06. The summed E-state index contributed by atoms with van der Waals surface area (Å²) in [5.74, 6) is 2.46. The molecule has 0 N–H and O–H groups in total. The van der Waals surface area contributed by atoms with Crippen LogP contribution in [0.4, 0.5) is 0 Å². The first-order valence-corrected chi connectivity index (χ1v) is 5.08. The number of hydrogen-bond acceptors (Lipinski definition) is 0. The van der Waals surface area contributed by atoms with Crippen molar-refractivity contribution in [3.05, 3.63) is 11.6 Å². The Hall–Kier alpha value is -0.260. The van der Waals surface area contributed by atoms with Gasteiger partial charge in [-0.3, -0.25) is 0 Å². The first-order valence-electron chi connectivity index (χ1n) is 5.08. The molecule has 0 heterocycles. The Morgan fingerprint density at radius 2 is 1.42 bits per heavy atom. The zero-order valence-corrected chi connectivity index (χ0v) is 9.52. The quantitative estimate of drug-likeness (QED) is 0.550. The molecule has 0 saturated heterocycles. The van der Waals surface area contributed by atoms with Crippen molar-refractivity contribution in [1.82, 2.24) is 0 Å². The second-order valence-corrected chi connectivity index (χ2v) is 4.67. The number of rotatable bonds is 4. The Kier molecular flexibility index (Phi) is 5.28. The third kappa shape index (κ3) is 4.58. The van der Waals surface area contributed by atoms with E-state index in [0.29, 0.717) is 0 Å². The molecule has 72 valence electrons. The Labute approximate surface area is 78.1 Å². The molecule has 0 nitrogen and oxygen atoms in total. The number of allylic oxidation sites excluding steroid dienone is 2. The van der Waals surface area contributed by atoms with Crippen LogP contribution in [0, 0.1) is 17.8 Å². The first kappa shape index (κ1) is 11.7. The lowest BCUT2D eigenvalue weighted by molar-refractivity contribution is 0.290. The van der Waals surface area contributed by atoms with E-state index in [9.17, 15) is 0 Å². The molecule has 0 rings (SSSR count). The van der Waals surface area contributed by atoms with Gasteiger partial charge in [0, 0.05) is 0 Å². The third-order valence-corrected chi connectivity index (χ3v) is 2.51. The van der Waals surface area contributed by atoms with Gasteiger partial charge in [0.05, 0.1) is 0 Å². The molecule has 0 amide bonds. The fourth-order valence-corrected chi connectivity index (χ4v) is 1.69. The van der Waals surface area contributed by atoms with Gasteiger partial charge in [-0.05, 0) is 38.0 Å². The van der Waals surface area contributed by atoms with Crippen LogP contribution < -0.4 is 0 Å². The van der Waals surface area contributed by atoms with Gasteiger partial charge in [-0.15, -0.1) is 0 Å². The lowest BCUT2D eigenvalue weighted by Crippen LogP contribution is -2.14. The summed E-state index contributed by atoms with van der Waals surface area (Å²) in [4.78, 5) is 0. The molecule has 0 aliphatic rings. The van der Waals surface area contributed by atoms with Crippen molar-refractivity contribution in [2.24, 2.45) is 17.8 Å². The van der Waals surface area contributed by atoms with E-state index in [1.54, 1.807) is 0 Å². The fraction of sp³-hybridized carbons (Fsp3) is 0.833. The third-order valence-electron chi connectivity index (χ3n) is 2.51. The zero-order chi connectivity index (χ0) is 9.72. The highest BCUT2D eigenvalue weighted by atomic mass is 14.2. The lowest BCUT2D eigenvalue weighted by Gasteiger charge is -2.23. The first-order chi connectivity index (χ1) is 5.45. The van der Waals surface area contributed by atoms with E-state index in [-0.39, 0.29) is 0 Å². The van der Waals surface area contributed by atoms with Crippen LogP contribution in [0.15, 0.2) is 11.6 Å². The normalized spacial score (nSPS) is 11.4. The van der Waals surface area contributed by atoms with Crippen LogP contribution in [-0.2, 0) is 0 Å². The summed E-state index contributed by atoms with van der Waals surface area (Å²) in [5, 5.41) is 0. The highest BCUT2D eigenvalue weighted by molar-refractivity contribution is 4.94. The molecule has 0 aromatic carbocycles. The molecule has 0 fully saturated rings. The maximum Gasteiger partial charge on any atom is -0.0315 e. The highest BCUT2D eigenvalue weighted by Gasteiger charge is 2.15. The van der Waals surface area contributed by atoms with Crippen molar-refractivity contribution >= 4 is 0 Å². The largest absolute Gasteiger partial charge is 0.0856 e. The van der Waals surface area contributed by atoms with Crippen LogP contribution in [0.5, 0.6) is 0 Å². The smallest absolute Gasteiger partial charge is 0.0315 e. The predicted octanol–water partition coefficient (Wildman–Crippen LogP) is 4.27. The zero-order valence-electron chi connectivity index (χ0n) is 9.52. The molecule has 0 aromatic rings. The molecule has 0 aromatic heterocycles. The average molecular weight is 168 g/mol. The minimum absolute atomic E-state index is 0.806. The maximum absolute atomic E-state index is 2.37. The summed E-state index contributed by atoms with van der Waals surface area (Å²) in [6, 6.07) is 0. The Morgan fingerprint density at radius 1 is 1.00 bits per heavy atom. The van der Waals surface area contributed by atoms with Gasteiger partial charge in [0.25, 0.3) is 0 Å². The van der Waals surface area contributed by atoms with E-state index in [4.69, 9.17) is 0 Å². The van der Waals surface area contributed by atoms with Crippen molar-refractivity contribution in [2.45, 2.75) is 48.0 Å². The molecule has 0 aliphatic carbocycles. The van der Waals surface area contributed by atoms with E-state index in [1.807, 2.05) is 0 Å². The molecule has 0 atom stereocenters. The molecular weight excluding hydrogens is 144 g/mol. The van der Waals surface area contributed by atoms with E-state index < -0.39 is 0 Å². The fourth-order valence-electron chi connectivity index (χ4n) is 1.69. The van der Waals surface area contributed by atoms with Crippen molar-refractivity contribution in [3.63, 3.8) is 0 Å². The Morgan fingerprint density at radius 3 is 1.67 bits per heavy atom. The lowest BCUT2D eigenvalue weighted by atomic mass is 9.83. The topological polar surface area (TPSA) is 0 Å². The van der Waals surface area contributed by atoms with E-state index in [2.05, 4.69) is 47.6 Å². The molecule has 12 heavy (non-hydrogen) atoms. The maximum atomic E-state index is 2.37. The van der Waals surface area contributed by atoms with Crippen LogP contribution >= 0.6 is 0 Å². The van der Waals surface area contributed by atoms with Gasteiger partial charge in [0.15, 0.2) is 0 Å². The van der Waals surface area contributed by atoms with Crippen molar-refractivity contribution in [1.29, 1.82) is 0 Å². The van der Waals surface area contributed by atoms with Gasteiger partial charge in [0.2, 0.25) is 0 Å². The monoisotopic (exact) mass is 168 g/mol. The van der Waals surface area contributed by atoms with Crippen LogP contribution in [-0.4, -0.2) is 0 Å². The summed E-state index contributed by atoms with van der Waals surface area (Å²) >= 11 is 0. The van der Waals surface area contributed by atoms with E-state index in [1.165, 1.54) is 12.0 Å². The van der Waals surface area contributed by atoms with Gasteiger partial charge in [-0.25, -0.2) is 0 Å². The van der Waals surface area contributed by atoms with E-state index >= 15 is 0 Å². The predicted molar refractivity (Wildman–Crippen MR) is 57.2 cm³/mol. The molecule has 0 radical (unpaired) electrons. The molecule has 0 bridgehead atoms. The average Bonchev–Trinajstić information content (AvgIpc) is 1.84. The molecular formula is C12H24. The number of hydrogen-bond donors (Lipinski definition) is 0. The minimum atomic E-state index is 0.806. The van der Waals surface area contributed by atoms with Crippen LogP contribution in [0.25, 0.3) is 0 Å².